The zero-order chi connectivity index (χ0) is 21.8. The quantitative estimate of drug-likeness (QED) is 0.281. The summed E-state index contributed by atoms with van der Waals surface area (Å²) < 4.78 is 15.3. The molecule has 30 heavy (non-hydrogen) atoms. The molecule has 2 rings (SSSR count). The molecule has 0 aliphatic rings. The third-order valence-corrected chi connectivity index (χ3v) is 4.15. The van der Waals surface area contributed by atoms with Crippen LogP contribution in [0.3, 0.4) is 0 Å². The van der Waals surface area contributed by atoms with Gasteiger partial charge in [0.05, 0.1) is 12.7 Å². The van der Waals surface area contributed by atoms with Gasteiger partial charge >= 0.3 is 5.97 Å². The van der Waals surface area contributed by atoms with Crippen molar-refractivity contribution in [3.8, 4) is 11.8 Å². The Morgan fingerprint density at radius 2 is 1.77 bits per heavy atom. The van der Waals surface area contributed by atoms with Gasteiger partial charge in [-0.15, -0.1) is 0 Å². The molecule has 156 valence electrons. The number of benzene rings is 2. The van der Waals surface area contributed by atoms with E-state index in [1.807, 2.05) is 6.07 Å². The van der Waals surface area contributed by atoms with Crippen molar-refractivity contribution >= 4 is 18.0 Å². The Balaban J connectivity index is 1.92. The summed E-state index contributed by atoms with van der Waals surface area (Å²) >= 11 is 0. The molecule has 0 fully saturated rings. The van der Waals surface area contributed by atoms with E-state index in [4.69, 9.17) is 9.47 Å². The van der Waals surface area contributed by atoms with Crippen LogP contribution in [0, 0.1) is 11.3 Å². The van der Waals surface area contributed by atoms with Crippen molar-refractivity contribution in [2.24, 2.45) is 0 Å². The summed E-state index contributed by atoms with van der Waals surface area (Å²) in [4.78, 5) is 23.5. The van der Waals surface area contributed by atoms with Crippen molar-refractivity contribution < 1.29 is 23.8 Å². The first kappa shape index (κ1) is 22.7. The van der Waals surface area contributed by atoms with Gasteiger partial charge in [-0.25, -0.2) is 4.79 Å². The molecule has 0 aromatic heterocycles. The van der Waals surface area contributed by atoms with Gasteiger partial charge in [-0.2, -0.15) is 5.26 Å². The molecule has 0 heterocycles. The highest BCUT2D eigenvalue weighted by atomic mass is 16.5. The zero-order valence-electron chi connectivity index (χ0n) is 17.0. The number of amides is 1. The molecule has 1 amide bonds. The Labute approximate surface area is 175 Å². The third kappa shape index (κ3) is 7.08. The molecule has 0 spiro atoms. The maximum atomic E-state index is 12.1. The fourth-order valence-electron chi connectivity index (χ4n) is 2.51. The Bertz CT molecular complexity index is 912. The second-order valence-electron chi connectivity index (χ2n) is 6.32. The van der Waals surface area contributed by atoms with E-state index in [0.717, 1.165) is 5.56 Å². The molecule has 1 N–H and O–H groups in total. The molecule has 7 nitrogen and oxygen atoms in total. The maximum absolute atomic E-state index is 12.1. The van der Waals surface area contributed by atoms with Crippen LogP contribution >= 0.6 is 0 Å². The second kappa shape index (κ2) is 12.0. The largest absolute Gasteiger partial charge is 0.489 e. The number of hydrogen-bond donors (Lipinski definition) is 1. The summed E-state index contributed by atoms with van der Waals surface area (Å²) in [5, 5.41) is 11.9. The van der Waals surface area contributed by atoms with E-state index in [1.165, 1.54) is 13.2 Å². The Morgan fingerprint density at radius 1 is 1.07 bits per heavy atom. The lowest BCUT2D eigenvalue weighted by Crippen LogP contribution is -2.26. The van der Waals surface area contributed by atoms with Crippen molar-refractivity contribution in [2.75, 3.05) is 27.4 Å². The van der Waals surface area contributed by atoms with E-state index in [-0.39, 0.29) is 11.5 Å². The van der Waals surface area contributed by atoms with Gasteiger partial charge in [-0.1, -0.05) is 24.3 Å². The molecular weight excluding hydrogens is 384 g/mol. The second-order valence-corrected chi connectivity index (χ2v) is 6.32. The number of rotatable bonds is 10. The highest BCUT2D eigenvalue weighted by molar-refractivity contribution is 6.01. The fourth-order valence-corrected chi connectivity index (χ4v) is 2.51. The smallest absolute Gasteiger partial charge is 0.337 e. The van der Waals surface area contributed by atoms with Gasteiger partial charge in [-0.05, 0) is 47.9 Å². The van der Waals surface area contributed by atoms with Crippen molar-refractivity contribution in [3.05, 3.63) is 70.8 Å². The van der Waals surface area contributed by atoms with Crippen LogP contribution in [0.5, 0.6) is 5.75 Å². The number of ether oxygens (including phenoxy) is 3. The number of esters is 1. The van der Waals surface area contributed by atoms with Crippen LogP contribution in [0.1, 0.15) is 27.9 Å². The highest BCUT2D eigenvalue weighted by Crippen LogP contribution is 2.16. The highest BCUT2D eigenvalue weighted by Gasteiger charge is 2.08. The predicted octanol–water partition coefficient (Wildman–Crippen LogP) is 3.11. The topological polar surface area (TPSA) is 97.6 Å². The first-order valence-electron chi connectivity index (χ1n) is 9.36. The Kier molecular flexibility index (Phi) is 9.10. The molecule has 0 aliphatic heterocycles. The molecule has 2 aromatic carbocycles. The van der Waals surface area contributed by atoms with Crippen LogP contribution in [0.25, 0.3) is 6.08 Å². The molecule has 0 atom stereocenters. The van der Waals surface area contributed by atoms with Gasteiger partial charge in [0.2, 0.25) is 0 Å². The molecule has 0 bridgehead atoms. The first-order valence-corrected chi connectivity index (χ1v) is 9.36. The van der Waals surface area contributed by atoms with Gasteiger partial charge in [0, 0.05) is 20.3 Å². The molecule has 0 aliphatic carbocycles. The minimum absolute atomic E-state index is 0.0341. The fraction of sp³-hybridized carbons (Fsp3) is 0.261. The number of hydrogen-bond acceptors (Lipinski definition) is 6. The molecule has 0 radical (unpaired) electrons. The van der Waals surface area contributed by atoms with E-state index < -0.39 is 5.91 Å². The SMILES string of the molecule is COCCCNC(=O)/C(C#N)=C/c1ccc(OCc2ccc(C(=O)OC)cc2)cc1. The number of nitrogens with one attached hydrogen (secondary N) is 1. The molecule has 0 saturated carbocycles. The molecule has 0 saturated heterocycles. The normalized spacial score (nSPS) is 10.8. The number of carbonyl (C=O) groups excluding carboxylic acids is 2. The number of nitriles is 1. The summed E-state index contributed by atoms with van der Waals surface area (Å²) in [7, 11) is 2.93. The van der Waals surface area contributed by atoms with Crippen LogP contribution in [0.4, 0.5) is 0 Å². The van der Waals surface area contributed by atoms with Crippen LogP contribution in [0.2, 0.25) is 0 Å². The zero-order valence-corrected chi connectivity index (χ0v) is 17.0. The predicted molar refractivity (Wildman–Crippen MR) is 112 cm³/mol. The number of nitrogens with zero attached hydrogens (tertiary/aromatic N) is 1. The minimum Gasteiger partial charge on any atom is -0.489 e. The Morgan fingerprint density at radius 3 is 2.37 bits per heavy atom. The summed E-state index contributed by atoms with van der Waals surface area (Å²) in [5.74, 6) is -0.150. The monoisotopic (exact) mass is 408 g/mol. The Hall–Kier alpha value is -3.63. The van der Waals surface area contributed by atoms with E-state index in [9.17, 15) is 14.9 Å². The third-order valence-electron chi connectivity index (χ3n) is 4.15. The number of methoxy groups -OCH3 is 2. The van der Waals surface area contributed by atoms with Crippen molar-refractivity contribution in [1.29, 1.82) is 5.26 Å². The van der Waals surface area contributed by atoms with Gasteiger partial charge < -0.3 is 19.5 Å². The molecular formula is C23H24N2O5. The lowest BCUT2D eigenvalue weighted by molar-refractivity contribution is -0.117. The van der Waals surface area contributed by atoms with Gasteiger partial charge in [0.15, 0.2) is 0 Å². The summed E-state index contributed by atoms with van der Waals surface area (Å²) in [6.07, 6.45) is 2.21. The lowest BCUT2D eigenvalue weighted by Gasteiger charge is -2.07. The average molecular weight is 408 g/mol. The maximum Gasteiger partial charge on any atom is 0.337 e. The molecule has 2 aromatic rings. The molecule has 7 heteroatoms. The van der Waals surface area contributed by atoms with Crippen molar-refractivity contribution in [2.45, 2.75) is 13.0 Å². The van der Waals surface area contributed by atoms with Crippen LogP contribution in [-0.2, 0) is 20.9 Å². The summed E-state index contributed by atoms with van der Waals surface area (Å²) in [6.45, 7) is 1.33. The summed E-state index contributed by atoms with van der Waals surface area (Å²) in [5.41, 5.74) is 2.14. The van der Waals surface area contributed by atoms with E-state index in [1.54, 1.807) is 55.6 Å². The lowest BCUT2D eigenvalue weighted by atomic mass is 10.1. The molecule has 0 unspecified atom stereocenters. The van der Waals surface area contributed by atoms with Crippen molar-refractivity contribution in [1.82, 2.24) is 5.32 Å². The van der Waals surface area contributed by atoms with Gasteiger partial charge in [0.25, 0.3) is 5.91 Å². The standard InChI is InChI=1S/C23H24N2O5/c1-28-13-3-12-25-22(26)20(15-24)14-17-6-10-21(11-7-17)30-16-18-4-8-19(9-5-18)23(27)29-2/h4-11,14H,3,12-13,16H2,1-2H3,(H,25,26)/b20-14+. The number of carbonyl (C=O) groups is 2. The van der Waals surface area contributed by atoms with Gasteiger partial charge in [-0.3, -0.25) is 4.79 Å². The van der Waals surface area contributed by atoms with Crippen LogP contribution < -0.4 is 10.1 Å². The minimum atomic E-state index is -0.413. The van der Waals surface area contributed by atoms with Crippen LogP contribution in [-0.4, -0.2) is 39.2 Å². The van der Waals surface area contributed by atoms with E-state index in [0.29, 0.717) is 43.1 Å². The van der Waals surface area contributed by atoms with Crippen LogP contribution in [0.15, 0.2) is 54.1 Å². The van der Waals surface area contributed by atoms with E-state index in [2.05, 4.69) is 10.1 Å². The van der Waals surface area contributed by atoms with Gasteiger partial charge in [0.1, 0.15) is 24.0 Å². The average Bonchev–Trinajstić information content (AvgIpc) is 2.79. The van der Waals surface area contributed by atoms with Crippen molar-refractivity contribution in [3.63, 3.8) is 0 Å². The van der Waals surface area contributed by atoms with E-state index >= 15 is 0 Å². The first-order chi connectivity index (χ1) is 14.6. The summed E-state index contributed by atoms with van der Waals surface area (Å²) in [6, 6.07) is 16.0.